The molecule has 0 spiro atoms. The van der Waals surface area contributed by atoms with Gasteiger partial charge in [0.25, 0.3) is 0 Å². The molecule has 2 aliphatic rings. The molecule has 0 bridgehead atoms. The Bertz CT molecular complexity index is 513. The maximum atomic E-state index is 12.5. The number of carboxylic acids is 1. The van der Waals surface area contributed by atoms with Gasteiger partial charge < -0.3 is 15.2 Å². The van der Waals surface area contributed by atoms with E-state index in [0.29, 0.717) is 32.2 Å². The fourth-order valence-corrected chi connectivity index (χ4v) is 3.17. The Balaban J connectivity index is 2.04. The van der Waals surface area contributed by atoms with Crippen molar-refractivity contribution in [1.82, 2.24) is 10.2 Å². The first-order valence-electron chi connectivity index (χ1n) is 8.16. The number of hydrogen-bond donors (Lipinski definition) is 2. The lowest BCUT2D eigenvalue weighted by Gasteiger charge is -2.28. The Kier molecular flexibility index (Phi) is 4.59. The number of nitrogens with zero attached hydrogens (tertiary/aromatic N) is 1. The molecule has 7 nitrogen and oxygen atoms in total. The van der Waals surface area contributed by atoms with E-state index in [2.05, 4.69) is 5.32 Å². The Morgan fingerprint density at radius 2 is 2.00 bits per heavy atom. The van der Waals surface area contributed by atoms with Crippen LogP contribution in [0.4, 0.5) is 4.79 Å². The Hall–Kier alpha value is -1.79. The van der Waals surface area contributed by atoms with Gasteiger partial charge in [-0.15, -0.1) is 0 Å². The molecule has 1 aliphatic heterocycles. The zero-order valence-electron chi connectivity index (χ0n) is 14.2. The summed E-state index contributed by atoms with van der Waals surface area (Å²) in [6.07, 6.45) is 1.85. The number of carbonyl (C=O) groups excluding carboxylic acids is 2. The van der Waals surface area contributed by atoms with E-state index in [4.69, 9.17) is 4.74 Å². The second kappa shape index (κ2) is 6.02. The van der Waals surface area contributed by atoms with E-state index in [1.807, 2.05) is 6.92 Å². The van der Waals surface area contributed by atoms with Gasteiger partial charge in [-0.1, -0.05) is 13.3 Å². The van der Waals surface area contributed by atoms with Gasteiger partial charge in [0.15, 0.2) is 0 Å². The van der Waals surface area contributed by atoms with Crippen LogP contribution in [0.1, 0.15) is 53.4 Å². The molecule has 7 heteroatoms. The number of nitrogens with one attached hydrogen (secondary N) is 1. The maximum absolute atomic E-state index is 12.5. The van der Waals surface area contributed by atoms with E-state index in [9.17, 15) is 19.5 Å². The first-order chi connectivity index (χ1) is 10.6. The van der Waals surface area contributed by atoms with Crippen molar-refractivity contribution >= 4 is 18.0 Å². The molecule has 130 valence electrons. The summed E-state index contributed by atoms with van der Waals surface area (Å²) in [5.74, 6) is -1.44. The van der Waals surface area contributed by atoms with Gasteiger partial charge in [-0.05, 0) is 46.0 Å². The van der Waals surface area contributed by atoms with E-state index < -0.39 is 35.2 Å². The molecular weight excluding hydrogens is 300 g/mol. The standard InChI is InChI=1S/C16H26N2O5/c1-5-10-9-16(10,13(20)21)17-12(19)11-7-6-8-18(11)14(22)23-15(2,3)4/h10-11H,5-9H2,1-4H3,(H,17,19)(H,20,21)/t10?,11-,16+/m0/s1. The van der Waals surface area contributed by atoms with Crippen LogP contribution in [0.3, 0.4) is 0 Å². The molecule has 0 aromatic rings. The van der Waals surface area contributed by atoms with E-state index >= 15 is 0 Å². The van der Waals surface area contributed by atoms with Crippen LogP contribution in [-0.4, -0.2) is 51.7 Å². The molecule has 1 aliphatic carbocycles. The number of carboxylic acid groups (broad SMARTS) is 1. The quantitative estimate of drug-likeness (QED) is 0.820. The first-order valence-corrected chi connectivity index (χ1v) is 8.16. The third kappa shape index (κ3) is 3.59. The van der Waals surface area contributed by atoms with Crippen molar-refractivity contribution in [2.75, 3.05) is 6.54 Å². The molecule has 1 heterocycles. The molecule has 1 saturated carbocycles. The maximum Gasteiger partial charge on any atom is 0.410 e. The average molecular weight is 326 g/mol. The number of hydrogen-bond acceptors (Lipinski definition) is 4. The zero-order chi connectivity index (χ0) is 17.4. The summed E-state index contributed by atoms with van der Waals surface area (Å²) >= 11 is 0. The minimum atomic E-state index is -1.16. The average Bonchev–Trinajstić information content (AvgIpc) is 2.92. The number of aliphatic carboxylic acids is 1. The molecule has 1 unspecified atom stereocenters. The van der Waals surface area contributed by atoms with Crippen LogP contribution >= 0.6 is 0 Å². The van der Waals surface area contributed by atoms with Crippen molar-refractivity contribution in [2.24, 2.45) is 5.92 Å². The van der Waals surface area contributed by atoms with Crippen molar-refractivity contribution < 1.29 is 24.2 Å². The molecule has 0 radical (unpaired) electrons. The molecule has 0 aromatic carbocycles. The van der Waals surface area contributed by atoms with E-state index in [0.717, 1.165) is 0 Å². The van der Waals surface area contributed by atoms with Crippen LogP contribution in [0, 0.1) is 5.92 Å². The molecular formula is C16H26N2O5. The van der Waals surface area contributed by atoms with Gasteiger partial charge in [0, 0.05) is 6.54 Å². The second-order valence-electron chi connectivity index (χ2n) is 7.41. The number of amides is 2. The fourth-order valence-electron chi connectivity index (χ4n) is 3.17. The van der Waals surface area contributed by atoms with E-state index in [1.165, 1.54) is 4.90 Å². The lowest BCUT2D eigenvalue weighted by Crippen LogP contribution is -2.53. The molecule has 1 saturated heterocycles. The molecule has 0 aromatic heterocycles. The number of carbonyl (C=O) groups is 3. The predicted octanol–water partition coefficient (Wildman–Crippen LogP) is 1.76. The first kappa shape index (κ1) is 17.6. The van der Waals surface area contributed by atoms with Gasteiger partial charge in [-0.2, -0.15) is 0 Å². The minimum absolute atomic E-state index is 0.0414. The lowest BCUT2D eigenvalue weighted by molar-refractivity contribution is -0.144. The minimum Gasteiger partial charge on any atom is -0.479 e. The van der Waals surface area contributed by atoms with Crippen LogP contribution in [0.5, 0.6) is 0 Å². The van der Waals surface area contributed by atoms with Crippen LogP contribution in [0.25, 0.3) is 0 Å². The van der Waals surface area contributed by atoms with Gasteiger partial charge in [-0.25, -0.2) is 9.59 Å². The summed E-state index contributed by atoms with van der Waals surface area (Å²) in [5, 5.41) is 12.1. The van der Waals surface area contributed by atoms with Gasteiger partial charge >= 0.3 is 12.1 Å². The smallest absolute Gasteiger partial charge is 0.410 e. The van der Waals surface area contributed by atoms with Crippen LogP contribution in [-0.2, 0) is 14.3 Å². The van der Waals surface area contributed by atoms with E-state index in [-0.39, 0.29) is 5.92 Å². The molecule has 2 fully saturated rings. The fraction of sp³-hybridized carbons (Fsp3) is 0.812. The summed E-state index contributed by atoms with van der Waals surface area (Å²) in [4.78, 5) is 37.6. The molecule has 2 rings (SSSR count). The van der Waals surface area contributed by atoms with Gasteiger partial charge in [0.1, 0.15) is 17.2 Å². The summed E-state index contributed by atoms with van der Waals surface area (Å²) in [6.45, 7) is 7.66. The summed E-state index contributed by atoms with van der Waals surface area (Å²) in [6, 6.07) is -0.654. The SMILES string of the molecule is CCC1C[C@]1(NC(=O)[C@@H]1CCCN1C(=O)OC(C)(C)C)C(=O)O. The van der Waals surface area contributed by atoms with Crippen molar-refractivity contribution in [3.8, 4) is 0 Å². The van der Waals surface area contributed by atoms with E-state index in [1.54, 1.807) is 20.8 Å². The second-order valence-corrected chi connectivity index (χ2v) is 7.41. The predicted molar refractivity (Wildman–Crippen MR) is 82.9 cm³/mol. The molecule has 2 amide bonds. The van der Waals surface area contributed by atoms with Crippen LogP contribution in [0.15, 0.2) is 0 Å². The highest BCUT2D eigenvalue weighted by Crippen LogP contribution is 2.46. The lowest BCUT2D eigenvalue weighted by atomic mass is 10.1. The summed E-state index contributed by atoms with van der Waals surface area (Å²) in [7, 11) is 0. The highest BCUT2D eigenvalue weighted by molar-refractivity contribution is 5.93. The Labute approximate surface area is 136 Å². The van der Waals surface area contributed by atoms with Crippen molar-refractivity contribution in [2.45, 2.75) is 70.6 Å². The molecule has 2 N–H and O–H groups in total. The topological polar surface area (TPSA) is 95.9 Å². The number of ether oxygens (including phenoxy) is 1. The highest BCUT2D eigenvalue weighted by Gasteiger charge is 2.61. The van der Waals surface area contributed by atoms with Crippen molar-refractivity contribution in [3.05, 3.63) is 0 Å². The zero-order valence-corrected chi connectivity index (χ0v) is 14.2. The number of rotatable bonds is 4. The van der Waals surface area contributed by atoms with Crippen molar-refractivity contribution in [3.63, 3.8) is 0 Å². The van der Waals surface area contributed by atoms with Crippen molar-refractivity contribution in [1.29, 1.82) is 0 Å². The third-order valence-electron chi connectivity index (χ3n) is 4.51. The highest BCUT2D eigenvalue weighted by atomic mass is 16.6. The Morgan fingerprint density at radius 3 is 2.48 bits per heavy atom. The number of likely N-dealkylation sites (tertiary alicyclic amines) is 1. The van der Waals surface area contributed by atoms with Gasteiger partial charge in [0.05, 0.1) is 0 Å². The normalized spacial score (nSPS) is 30.0. The summed E-state index contributed by atoms with van der Waals surface area (Å²) < 4.78 is 5.33. The third-order valence-corrected chi connectivity index (χ3v) is 4.51. The summed E-state index contributed by atoms with van der Waals surface area (Å²) in [5.41, 5.74) is -1.79. The van der Waals surface area contributed by atoms with Gasteiger partial charge in [0.2, 0.25) is 5.91 Å². The molecule has 23 heavy (non-hydrogen) atoms. The molecule has 3 atom stereocenters. The largest absolute Gasteiger partial charge is 0.479 e. The Morgan fingerprint density at radius 1 is 1.35 bits per heavy atom. The van der Waals surface area contributed by atoms with Crippen LogP contribution in [0.2, 0.25) is 0 Å². The van der Waals surface area contributed by atoms with Gasteiger partial charge in [-0.3, -0.25) is 9.69 Å². The van der Waals surface area contributed by atoms with Crippen LogP contribution < -0.4 is 5.32 Å². The monoisotopic (exact) mass is 326 g/mol.